The fraction of sp³-hybridized carbons (Fsp3) is 1.00. The lowest BCUT2D eigenvalue weighted by molar-refractivity contribution is -0.108. The van der Waals surface area contributed by atoms with Crippen LogP contribution in [0.2, 0.25) is 0 Å². The first kappa shape index (κ1) is 10.7. The van der Waals surface area contributed by atoms with Crippen molar-refractivity contribution in [3.63, 3.8) is 0 Å². The van der Waals surface area contributed by atoms with Gasteiger partial charge in [0.25, 0.3) is 5.92 Å². The van der Waals surface area contributed by atoms with E-state index in [4.69, 9.17) is 0 Å². The molecule has 68 valence electrons. The van der Waals surface area contributed by atoms with Crippen LogP contribution in [0.3, 0.4) is 0 Å². The molecule has 0 aromatic heterocycles. The number of hydrogen-bond acceptors (Lipinski definition) is 0. The predicted molar refractivity (Wildman–Crippen MR) is 30.8 cm³/mol. The van der Waals surface area contributed by atoms with Crippen LogP contribution in [0.4, 0.5) is 22.0 Å². The highest BCUT2D eigenvalue weighted by Gasteiger charge is 2.41. The summed E-state index contributed by atoms with van der Waals surface area (Å²) in [5.41, 5.74) is 0. The zero-order chi connectivity index (χ0) is 9.07. The number of alkyl halides is 5. The van der Waals surface area contributed by atoms with Gasteiger partial charge in [-0.05, 0) is 6.42 Å². The van der Waals surface area contributed by atoms with Gasteiger partial charge in [0.15, 0.2) is 6.17 Å². The highest BCUT2D eigenvalue weighted by atomic mass is 19.3. The van der Waals surface area contributed by atoms with E-state index in [2.05, 4.69) is 0 Å². The summed E-state index contributed by atoms with van der Waals surface area (Å²) in [7, 11) is 0. The molecule has 0 radical (unpaired) electrons. The van der Waals surface area contributed by atoms with Crippen LogP contribution in [0.5, 0.6) is 0 Å². The Labute approximate surface area is 61.4 Å². The third-order valence-corrected chi connectivity index (χ3v) is 1.24. The van der Waals surface area contributed by atoms with Crippen LogP contribution in [0.15, 0.2) is 0 Å². The molecule has 0 aliphatic heterocycles. The maximum absolute atomic E-state index is 12.2. The Kier molecular flexibility index (Phi) is 3.75. The van der Waals surface area contributed by atoms with E-state index in [1.807, 2.05) is 0 Å². The SMILES string of the molecule is CC[C@H](F)C(F)(F)CC(F)F. The van der Waals surface area contributed by atoms with Gasteiger partial charge in [0.05, 0.1) is 6.42 Å². The van der Waals surface area contributed by atoms with Gasteiger partial charge in [-0.1, -0.05) is 6.92 Å². The van der Waals surface area contributed by atoms with Crippen molar-refractivity contribution in [2.24, 2.45) is 0 Å². The summed E-state index contributed by atoms with van der Waals surface area (Å²) in [6, 6.07) is 0. The van der Waals surface area contributed by atoms with E-state index < -0.39 is 31.4 Å². The third-order valence-electron chi connectivity index (χ3n) is 1.24. The zero-order valence-electron chi connectivity index (χ0n) is 5.96. The Balaban J connectivity index is 3.98. The molecule has 0 aromatic carbocycles. The molecule has 0 aliphatic carbocycles. The third kappa shape index (κ3) is 3.53. The number of rotatable bonds is 4. The van der Waals surface area contributed by atoms with Crippen LogP contribution >= 0.6 is 0 Å². The van der Waals surface area contributed by atoms with E-state index in [9.17, 15) is 22.0 Å². The van der Waals surface area contributed by atoms with Crippen LogP contribution in [0, 0.1) is 0 Å². The topological polar surface area (TPSA) is 0 Å². The van der Waals surface area contributed by atoms with E-state index in [0.29, 0.717) is 0 Å². The molecule has 0 aliphatic rings. The fourth-order valence-electron chi connectivity index (χ4n) is 0.632. The van der Waals surface area contributed by atoms with Crippen molar-refractivity contribution >= 4 is 0 Å². The van der Waals surface area contributed by atoms with E-state index in [-0.39, 0.29) is 0 Å². The minimum Gasteiger partial charge on any atom is -0.241 e. The van der Waals surface area contributed by atoms with E-state index in [1.54, 1.807) is 0 Å². The van der Waals surface area contributed by atoms with Gasteiger partial charge in [-0.3, -0.25) is 0 Å². The van der Waals surface area contributed by atoms with Crippen LogP contribution in [-0.4, -0.2) is 18.5 Å². The summed E-state index contributed by atoms with van der Waals surface area (Å²) in [5.74, 6) is -3.89. The molecule has 0 spiro atoms. The van der Waals surface area contributed by atoms with E-state index in [0.717, 1.165) is 0 Å². The normalized spacial score (nSPS) is 15.5. The van der Waals surface area contributed by atoms with Gasteiger partial charge in [-0.2, -0.15) is 0 Å². The largest absolute Gasteiger partial charge is 0.284 e. The van der Waals surface area contributed by atoms with Crippen LogP contribution in [0.25, 0.3) is 0 Å². The molecule has 0 nitrogen and oxygen atoms in total. The Morgan fingerprint density at radius 1 is 1.18 bits per heavy atom. The molecule has 0 rings (SSSR count). The summed E-state index contributed by atoms with van der Waals surface area (Å²) in [6.45, 7) is 1.18. The van der Waals surface area contributed by atoms with Crippen molar-refractivity contribution < 1.29 is 22.0 Å². The van der Waals surface area contributed by atoms with Crippen molar-refractivity contribution in [2.45, 2.75) is 38.3 Å². The first-order valence-corrected chi connectivity index (χ1v) is 3.20. The highest BCUT2D eigenvalue weighted by Crippen LogP contribution is 2.30. The monoisotopic (exact) mass is 176 g/mol. The lowest BCUT2D eigenvalue weighted by atomic mass is 10.1. The first-order chi connectivity index (χ1) is 4.90. The standard InChI is InChI=1S/C6H9F5/c1-2-4(7)6(10,11)3-5(8)9/h4-5H,2-3H2,1H3/t4-/m0/s1. The summed E-state index contributed by atoms with van der Waals surface area (Å²) in [6.07, 6.45) is -7.76. The Hall–Kier alpha value is -0.350. The molecule has 0 aromatic rings. The van der Waals surface area contributed by atoms with Crippen molar-refractivity contribution in [1.82, 2.24) is 0 Å². The van der Waals surface area contributed by atoms with Gasteiger partial charge in [0, 0.05) is 0 Å². The van der Waals surface area contributed by atoms with Gasteiger partial charge in [-0.15, -0.1) is 0 Å². The lowest BCUT2D eigenvalue weighted by Crippen LogP contribution is -2.31. The van der Waals surface area contributed by atoms with Crippen molar-refractivity contribution in [2.75, 3.05) is 0 Å². The molecule has 0 bridgehead atoms. The zero-order valence-corrected chi connectivity index (χ0v) is 5.96. The average Bonchev–Trinajstić information content (AvgIpc) is 1.83. The molecule has 1 atom stereocenters. The fourth-order valence-corrected chi connectivity index (χ4v) is 0.632. The second-order valence-electron chi connectivity index (χ2n) is 2.23. The lowest BCUT2D eigenvalue weighted by Gasteiger charge is -2.18. The molecule has 0 saturated heterocycles. The van der Waals surface area contributed by atoms with Gasteiger partial charge >= 0.3 is 0 Å². The summed E-state index contributed by atoms with van der Waals surface area (Å²) < 4.78 is 59.4. The molecule has 0 unspecified atom stereocenters. The van der Waals surface area contributed by atoms with Gasteiger partial charge in [-0.25, -0.2) is 22.0 Å². The Bertz CT molecular complexity index is 112. The van der Waals surface area contributed by atoms with E-state index >= 15 is 0 Å². The van der Waals surface area contributed by atoms with Gasteiger partial charge in [0.1, 0.15) is 0 Å². The molecule has 5 heteroatoms. The van der Waals surface area contributed by atoms with Crippen LogP contribution in [-0.2, 0) is 0 Å². The molecule has 0 fully saturated rings. The quantitative estimate of drug-likeness (QED) is 0.577. The second-order valence-corrected chi connectivity index (χ2v) is 2.23. The minimum atomic E-state index is -3.89. The molecule has 11 heavy (non-hydrogen) atoms. The smallest absolute Gasteiger partial charge is 0.241 e. The predicted octanol–water partition coefficient (Wildman–Crippen LogP) is 3.03. The van der Waals surface area contributed by atoms with Crippen molar-refractivity contribution in [1.29, 1.82) is 0 Å². The van der Waals surface area contributed by atoms with Gasteiger partial charge in [0.2, 0.25) is 6.43 Å². The number of halogens is 5. The second kappa shape index (κ2) is 3.88. The molecular weight excluding hydrogens is 167 g/mol. The van der Waals surface area contributed by atoms with Crippen molar-refractivity contribution in [3.05, 3.63) is 0 Å². The molecule has 0 N–H and O–H groups in total. The van der Waals surface area contributed by atoms with Crippen molar-refractivity contribution in [3.8, 4) is 0 Å². The maximum atomic E-state index is 12.2. The Morgan fingerprint density at radius 2 is 1.64 bits per heavy atom. The summed E-state index contributed by atoms with van der Waals surface area (Å²) in [4.78, 5) is 0. The van der Waals surface area contributed by atoms with Crippen LogP contribution in [0.1, 0.15) is 19.8 Å². The molecule has 0 amide bonds. The van der Waals surface area contributed by atoms with Gasteiger partial charge < -0.3 is 0 Å². The average molecular weight is 176 g/mol. The molecule has 0 heterocycles. The minimum absolute atomic E-state index is 0.445. The van der Waals surface area contributed by atoms with E-state index in [1.165, 1.54) is 6.92 Å². The Morgan fingerprint density at radius 3 is 1.91 bits per heavy atom. The molecular formula is C6H9F5. The molecule has 0 saturated carbocycles. The summed E-state index contributed by atoms with van der Waals surface area (Å²) in [5, 5.41) is 0. The number of hydrogen-bond donors (Lipinski definition) is 0. The van der Waals surface area contributed by atoms with Crippen LogP contribution < -0.4 is 0 Å². The summed E-state index contributed by atoms with van der Waals surface area (Å²) >= 11 is 0. The highest BCUT2D eigenvalue weighted by molar-refractivity contribution is 4.76. The first-order valence-electron chi connectivity index (χ1n) is 3.20. The maximum Gasteiger partial charge on any atom is 0.284 e.